The summed E-state index contributed by atoms with van der Waals surface area (Å²) in [5, 5.41) is 0. The fourth-order valence-corrected chi connectivity index (χ4v) is 1.78. The van der Waals surface area contributed by atoms with Crippen LogP contribution in [0.2, 0.25) is 0 Å². The van der Waals surface area contributed by atoms with Crippen LogP contribution in [0.3, 0.4) is 0 Å². The first kappa shape index (κ1) is 12.4. The summed E-state index contributed by atoms with van der Waals surface area (Å²) in [5.74, 6) is 0. The van der Waals surface area contributed by atoms with Gasteiger partial charge in [0, 0.05) is 18.8 Å². The van der Waals surface area contributed by atoms with Crippen molar-refractivity contribution in [1.29, 1.82) is 0 Å². The van der Waals surface area contributed by atoms with E-state index in [9.17, 15) is 0 Å². The van der Waals surface area contributed by atoms with Crippen LogP contribution in [0.4, 0.5) is 5.69 Å². The smallest absolute Gasteiger partial charge is 0.146 e. The highest BCUT2D eigenvalue weighted by molar-refractivity contribution is 5.98. The first-order chi connectivity index (χ1) is 7.38. The molecule has 1 aromatic carbocycles. The lowest BCUT2D eigenvalue weighted by Gasteiger charge is -2.24. The van der Waals surface area contributed by atoms with Gasteiger partial charge in [-0.1, -0.05) is 18.2 Å². The lowest BCUT2D eigenvalue weighted by atomic mass is 10.3. The minimum atomic E-state index is 0.808. The molecule has 0 fully saturated rings. The molecule has 0 heterocycles. The van der Waals surface area contributed by atoms with E-state index in [0.29, 0.717) is 0 Å². The summed E-state index contributed by atoms with van der Waals surface area (Å²) in [4.78, 5) is 2.30. The van der Waals surface area contributed by atoms with Crippen LogP contribution < -0.4 is 4.90 Å². The highest BCUT2D eigenvalue weighted by Crippen LogP contribution is 2.12. The predicted molar refractivity (Wildman–Crippen MR) is 70.4 cm³/mol. The minimum Gasteiger partial charge on any atom is -0.426 e. The Bertz CT molecular complexity index is 251. The van der Waals surface area contributed by atoms with Crippen LogP contribution in [0.5, 0.6) is 0 Å². The predicted octanol–water partition coefficient (Wildman–Crippen LogP) is -0.913. The maximum atomic E-state index is 5.24. The molecule has 0 aliphatic carbocycles. The van der Waals surface area contributed by atoms with Crippen LogP contribution in [0.1, 0.15) is 0 Å². The molecule has 0 unspecified atom stereocenters. The number of anilines is 1. The van der Waals surface area contributed by atoms with Gasteiger partial charge >= 0.3 is 0 Å². The topological polar surface area (TPSA) is 21.7 Å². The van der Waals surface area contributed by atoms with Crippen LogP contribution in [0, 0.1) is 0 Å². The Kier molecular flexibility index (Phi) is 6.34. The summed E-state index contributed by atoms with van der Waals surface area (Å²) in [5.41, 5.74) is 1.25. The molecular formula is C10H19NO2Si2. The normalized spacial score (nSPS) is 10.7. The Labute approximate surface area is 97.5 Å². The van der Waals surface area contributed by atoms with Gasteiger partial charge in [-0.2, -0.15) is 0 Å². The Morgan fingerprint density at radius 2 is 1.47 bits per heavy atom. The molecule has 0 atom stereocenters. The molecule has 0 bridgehead atoms. The van der Waals surface area contributed by atoms with Crippen molar-refractivity contribution < 1.29 is 8.85 Å². The minimum absolute atomic E-state index is 0.808. The highest BCUT2D eigenvalue weighted by atomic mass is 28.2. The quantitative estimate of drug-likeness (QED) is 0.577. The second-order valence-corrected chi connectivity index (χ2v) is 4.46. The van der Waals surface area contributed by atoms with Gasteiger partial charge in [-0.3, -0.25) is 0 Å². The monoisotopic (exact) mass is 241 g/mol. The molecule has 84 valence electrons. The molecule has 0 amide bonds. The largest absolute Gasteiger partial charge is 0.426 e. The van der Waals surface area contributed by atoms with Crippen molar-refractivity contribution in [3.05, 3.63) is 30.3 Å². The van der Waals surface area contributed by atoms with E-state index in [1.807, 2.05) is 6.07 Å². The molecule has 0 spiro atoms. The second kappa shape index (κ2) is 7.64. The average molecular weight is 241 g/mol. The number of nitrogens with zero attached hydrogens (tertiary/aromatic N) is 1. The zero-order chi connectivity index (χ0) is 10.9. The molecule has 5 heteroatoms. The van der Waals surface area contributed by atoms with Crippen molar-refractivity contribution in [2.45, 2.75) is 0 Å². The standard InChI is InChI=1S/C10H19NO2Si2/c14-12-8-6-11(7-9-13-15)10-4-2-1-3-5-10/h1-5H,6-9H2,14-15H3. The van der Waals surface area contributed by atoms with E-state index >= 15 is 0 Å². The number of rotatable bonds is 7. The third-order valence-electron chi connectivity index (χ3n) is 2.25. The van der Waals surface area contributed by atoms with Gasteiger partial charge in [-0.05, 0) is 12.1 Å². The molecule has 3 nitrogen and oxygen atoms in total. The van der Waals surface area contributed by atoms with E-state index in [-0.39, 0.29) is 0 Å². The van der Waals surface area contributed by atoms with Crippen LogP contribution in [-0.4, -0.2) is 47.3 Å². The molecule has 0 saturated carbocycles. The van der Waals surface area contributed by atoms with Crippen molar-refractivity contribution in [1.82, 2.24) is 0 Å². The highest BCUT2D eigenvalue weighted by Gasteiger charge is 2.04. The SMILES string of the molecule is [SiH3]OCCN(CCO[SiH3])c1ccccc1. The molecule has 0 N–H and O–H groups in total. The van der Waals surface area contributed by atoms with Gasteiger partial charge in [0.15, 0.2) is 0 Å². The van der Waals surface area contributed by atoms with Crippen molar-refractivity contribution in [2.75, 3.05) is 31.2 Å². The second-order valence-electron chi connectivity index (χ2n) is 3.31. The van der Waals surface area contributed by atoms with E-state index in [0.717, 1.165) is 47.3 Å². The van der Waals surface area contributed by atoms with E-state index < -0.39 is 0 Å². The Hall–Kier alpha value is -0.626. The number of hydrogen-bond donors (Lipinski definition) is 0. The van der Waals surface area contributed by atoms with Gasteiger partial charge in [0.1, 0.15) is 21.0 Å². The van der Waals surface area contributed by atoms with Gasteiger partial charge in [-0.15, -0.1) is 0 Å². The van der Waals surface area contributed by atoms with E-state index in [4.69, 9.17) is 8.85 Å². The lowest BCUT2D eigenvalue weighted by Crippen LogP contribution is -2.30. The first-order valence-electron chi connectivity index (χ1n) is 5.16. The lowest BCUT2D eigenvalue weighted by molar-refractivity contribution is 0.332. The zero-order valence-electron chi connectivity index (χ0n) is 9.48. The average Bonchev–Trinajstić information content (AvgIpc) is 2.30. The molecule has 0 aliphatic heterocycles. The van der Waals surface area contributed by atoms with Crippen molar-refractivity contribution in [2.24, 2.45) is 0 Å². The van der Waals surface area contributed by atoms with Crippen molar-refractivity contribution in [3.8, 4) is 0 Å². The fraction of sp³-hybridized carbons (Fsp3) is 0.400. The molecule has 0 aromatic heterocycles. The third-order valence-corrected chi connectivity index (χ3v) is 3.07. The Morgan fingerprint density at radius 1 is 0.933 bits per heavy atom. The van der Waals surface area contributed by atoms with Gasteiger partial charge < -0.3 is 13.8 Å². The number of benzene rings is 1. The van der Waals surface area contributed by atoms with E-state index in [1.165, 1.54) is 5.69 Å². The van der Waals surface area contributed by atoms with E-state index in [1.54, 1.807) is 0 Å². The molecular weight excluding hydrogens is 222 g/mol. The van der Waals surface area contributed by atoms with Crippen molar-refractivity contribution >= 4 is 26.7 Å². The summed E-state index contributed by atoms with van der Waals surface area (Å²) < 4.78 is 10.5. The van der Waals surface area contributed by atoms with Gasteiger partial charge in [0.05, 0.1) is 13.2 Å². The number of hydrogen-bond acceptors (Lipinski definition) is 3. The van der Waals surface area contributed by atoms with Crippen LogP contribution in [0.15, 0.2) is 30.3 Å². The van der Waals surface area contributed by atoms with Crippen LogP contribution in [-0.2, 0) is 8.85 Å². The third kappa shape index (κ3) is 4.61. The molecule has 15 heavy (non-hydrogen) atoms. The fourth-order valence-electron chi connectivity index (χ4n) is 1.41. The maximum Gasteiger partial charge on any atom is 0.146 e. The summed E-state index contributed by atoms with van der Waals surface area (Å²) in [6.07, 6.45) is 0. The summed E-state index contributed by atoms with van der Waals surface area (Å²) in [6, 6.07) is 10.4. The van der Waals surface area contributed by atoms with Gasteiger partial charge in [0.2, 0.25) is 0 Å². The molecule has 0 radical (unpaired) electrons. The van der Waals surface area contributed by atoms with Crippen molar-refractivity contribution in [3.63, 3.8) is 0 Å². The maximum absolute atomic E-state index is 5.24. The number of para-hydroxylation sites is 1. The Morgan fingerprint density at radius 3 is 1.93 bits per heavy atom. The van der Waals surface area contributed by atoms with Crippen LogP contribution in [0.25, 0.3) is 0 Å². The zero-order valence-corrected chi connectivity index (χ0v) is 13.5. The molecule has 0 aliphatic rings. The summed E-state index contributed by atoms with van der Waals surface area (Å²) in [6.45, 7) is 3.50. The van der Waals surface area contributed by atoms with Crippen LogP contribution >= 0.6 is 0 Å². The molecule has 1 rings (SSSR count). The molecule has 1 aromatic rings. The summed E-state index contributed by atoms with van der Waals surface area (Å²) >= 11 is 0. The molecule has 0 saturated heterocycles. The first-order valence-corrected chi connectivity index (χ1v) is 6.79. The Balaban J connectivity index is 2.55. The van der Waals surface area contributed by atoms with E-state index in [2.05, 4.69) is 29.2 Å². The van der Waals surface area contributed by atoms with Gasteiger partial charge in [0.25, 0.3) is 0 Å². The van der Waals surface area contributed by atoms with Gasteiger partial charge in [-0.25, -0.2) is 0 Å². The summed E-state index contributed by atoms with van der Waals surface area (Å²) in [7, 11) is 1.62.